The molecule has 0 atom stereocenters. The number of aliphatic carboxylic acids is 1. The van der Waals surface area contributed by atoms with E-state index in [0.29, 0.717) is 5.56 Å². The molecule has 2 N–H and O–H groups in total. The number of ether oxygens (including phenoxy) is 1. The van der Waals surface area contributed by atoms with E-state index in [2.05, 4.69) is 15.3 Å². The molecule has 0 fully saturated rings. The van der Waals surface area contributed by atoms with Crippen LogP contribution in [0.25, 0.3) is 0 Å². The van der Waals surface area contributed by atoms with Gasteiger partial charge in [0.1, 0.15) is 6.33 Å². The van der Waals surface area contributed by atoms with Gasteiger partial charge < -0.3 is 15.2 Å². The second-order valence-corrected chi connectivity index (χ2v) is 2.97. The van der Waals surface area contributed by atoms with E-state index in [1.807, 2.05) is 0 Å². The Kier molecular flexibility index (Phi) is 4.19. The predicted molar refractivity (Wildman–Crippen MR) is 53.0 cm³/mol. The summed E-state index contributed by atoms with van der Waals surface area (Å²) in [4.78, 5) is 28.8. The SMILES string of the molecule is Cc1cncnc1OC(=O)NCCC(=O)O. The Balaban J connectivity index is 2.40. The molecule has 1 amide bonds. The van der Waals surface area contributed by atoms with Crippen LogP contribution in [0.15, 0.2) is 12.5 Å². The van der Waals surface area contributed by atoms with Crippen LogP contribution < -0.4 is 10.1 Å². The van der Waals surface area contributed by atoms with E-state index in [9.17, 15) is 9.59 Å². The van der Waals surface area contributed by atoms with E-state index in [4.69, 9.17) is 9.84 Å². The van der Waals surface area contributed by atoms with Crippen LogP contribution >= 0.6 is 0 Å². The normalized spacial score (nSPS) is 9.56. The highest BCUT2D eigenvalue weighted by molar-refractivity contribution is 5.72. The average molecular weight is 225 g/mol. The molecule has 0 unspecified atom stereocenters. The van der Waals surface area contributed by atoms with Crippen LogP contribution in [0.3, 0.4) is 0 Å². The van der Waals surface area contributed by atoms with Crippen molar-refractivity contribution in [1.82, 2.24) is 15.3 Å². The third-order valence-electron chi connectivity index (χ3n) is 1.64. The van der Waals surface area contributed by atoms with Crippen LogP contribution in [0, 0.1) is 6.92 Å². The molecule has 0 aliphatic heterocycles. The molecule has 0 saturated heterocycles. The number of amides is 1. The molecule has 0 saturated carbocycles. The molecule has 1 aromatic heterocycles. The first-order chi connectivity index (χ1) is 7.59. The zero-order valence-corrected chi connectivity index (χ0v) is 8.64. The van der Waals surface area contributed by atoms with Crippen molar-refractivity contribution in [1.29, 1.82) is 0 Å². The topological polar surface area (TPSA) is 101 Å². The van der Waals surface area contributed by atoms with Gasteiger partial charge in [-0.1, -0.05) is 0 Å². The summed E-state index contributed by atoms with van der Waals surface area (Å²) in [7, 11) is 0. The van der Waals surface area contributed by atoms with Crippen molar-refractivity contribution in [2.45, 2.75) is 13.3 Å². The minimum atomic E-state index is -0.987. The molecule has 0 radical (unpaired) electrons. The van der Waals surface area contributed by atoms with E-state index in [0.717, 1.165) is 0 Å². The lowest BCUT2D eigenvalue weighted by molar-refractivity contribution is -0.136. The quantitative estimate of drug-likeness (QED) is 0.766. The van der Waals surface area contributed by atoms with Crippen LogP contribution in [0.1, 0.15) is 12.0 Å². The van der Waals surface area contributed by atoms with Gasteiger partial charge in [0.2, 0.25) is 5.88 Å². The molecule has 1 aromatic rings. The molecule has 0 aromatic carbocycles. The van der Waals surface area contributed by atoms with E-state index in [-0.39, 0.29) is 18.8 Å². The number of carbonyl (C=O) groups is 2. The summed E-state index contributed by atoms with van der Waals surface area (Å²) in [5.74, 6) is -0.832. The summed E-state index contributed by atoms with van der Waals surface area (Å²) < 4.78 is 4.83. The number of aryl methyl sites for hydroxylation is 1. The van der Waals surface area contributed by atoms with Gasteiger partial charge >= 0.3 is 12.1 Å². The van der Waals surface area contributed by atoms with Crippen LogP contribution in [0.2, 0.25) is 0 Å². The van der Waals surface area contributed by atoms with Gasteiger partial charge in [-0.15, -0.1) is 0 Å². The van der Waals surface area contributed by atoms with Crippen LogP contribution in [0.5, 0.6) is 5.88 Å². The van der Waals surface area contributed by atoms with Crippen LogP contribution in [-0.4, -0.2) is 33.7 Å². The fourth-order valence-electron chi connectivity index (χ4n) is 0.890. The third-order valence-corrected chi connectivity index (χ3v) is 1.64. The summed E-state index contributed by atoms with van der Waals surface area (Å²) in [5, 5.41) is 10.6. The van der Waals surface area contributed by atoms with E-state index in [1.165, 1.54) is 12.5 Å². The highest BCUT2D eigenvalue weighted by Crippen LogP contribution is 2.10. The molecule has 1 heterocycles. The molecule has 86 valence electrons. The molecule has 0 spiro atoms. The molecule has 0 aliphatic rings. The maximum absolute atomic E-state index is 11.2. The van der Waals surface area contributed by atoms with Crippen molar-refractivity contribution in [3.8, 4) is 5.88 Å². The second kappa shape index (κ2) is 5.64. The van der Waals surface area contributed by atoms with Gasteiger partial charge in [0.25, 0.3) is 0 Å². The Morgan fingerprint density at radius 2 is 2.31 bits per heavy atom. The van der Waals surface area contributed by atoms with Gasteiger partial charge in [0.05, 0.1) is 6.42 Å². The van der Waals surface area contributed by atoms with Crippen molar-refractivity contribution >= 4 is 12.1 Å². The lowest BCUT2D eigenvalue weighted by Crippen LogP contribution is -2.29. The second-order valence-electron chi connectivity index (χ2n) is 2.97. The highest BCUT2D eigenvalue weighted by Gasteiger charge is 2.07. The Bertz CT molecular complexity index is 394. The molecule has 7 nitrogen and oxygen atoms in total. The number of nitrogens with zero attached hydrogens (tertiary/aromatic N) is 2. The summed E-state index contributed by atoms with van der Waals surface area (Å²) in [6.07, 6.45) is 1.88. The Morgan fingerprint density at radius 1 is 1.56 bits per heavy atom. The number of nitrogens with one attached hydrogen (secondary N) is 1. The minimum absolute atomic E-state index is 0.0122. The van der Waals surface area contributed by atoms with Gasteiger partial charge in [-0.2, -0.15) is 0 Å². The molecular formula is C9H11N3O4. The summed E-state index contributed by atoms with van der Waals surface area (Å²) in [6, 6.07) is 0. The Labute approximate surface area is 91.5 Å². The number of rotatable bonds is 4. The number of aromatic nitrogens is 2. The molecule has 7 heteroatoms. The van der Waals surface area contributed by atoms with Crippen molar-refractivity contribution in [3.05, 3.63) is 18.1 Å². The number of hydrogen-bond acceptors (Lipinski definition) is 5. The lowest BCUT2D eigenvalue weighted by atomic mass is 10.4. The fraction of sp³-hybridized carbons (Fsp3) is 0.333. The largest absolute Gasteiger partial charge is 0.481 e. The average Bonchev–Trinajstić information content (AvgIpc) is 2.21. The molecule has 0 aliphatic carbocycles. The standard InChI is InChI=1S/C9H11N3O4/c1-6-4-10-5-12-8(6)16-9(15)11-3-2-7(13)14/h4-5H,2-3H2,1H3,(H,11,15)(H,13,14). The molecular weight excluding hydrogens is 214 g/mol. The Hall–Kier alpha value is -2.18. The number of hydrogen-bond donors (Lipinski definition) is 2. The van der Waals surface area contributed by atoms with Crippen LogP contribution in [-0.2, 0) is 4.79 Å². The third kappa shape index (κ3) is 3.91. The lowest BCUT2D eigenvalue weighted by Gasteiger charge is -2.05. The molecule has 0 bridgehead atoms. The first-order valence-corrected chi connectivity index (χ1v) is 4.53. The summed E-state index contributed by atoms with van der Waals surface area (Å²) >= 11 is 0. The monoisotopic (exact) mass is 225 g/mol. The van der Waals surface area contributed by atoms with Gasteiger partial charge in [0, 0.05) is 18.3 Å². The Morgan fingerprint density at radius 3 is 2.94 bits per heavy atom. The number of carbonyl (C=O) groups excluding carboxylic acids is 1. The van der Waals surface area contributed by atoms with Gasteiger partial charge in [-0.25, -0.2) is 14.8 Å². The van der Waals surface area contributed by atoms with Crippen molar-refractivity contribution in [3.63, 3.8) is 0 Å². The molecule has 1 rings (SSSR count). The van der Waals surface area contributed by atoms with E-state index >= 15 is 0 Å². The number of carboxylic acid groups (broad SMARTS) is 1. The van der Waals surface area contributed by atoms with Gasteiger partial charge in [-0.3, -0.25) is 4.79 Å². The zero-order chi connectivity index (χ0) is 12.0. The number of carboxylic acids is 1. The maximum Gasteiger partial charge on any atom is 0.413 e. The minimum Gasteiger partial charge on any atom is -0.481 e. The fourth-order valence-corrected chi connectivity index (χ4v) is 0.890. The van der Waals surface area contributed by atoms with Crippen LogP contribution in [0.4, 0.5) is 4.79 Å². The maximum atomic E-state index is 11.2. The first-order valence-electron chi connectivity index (χ1n) is 4.53. The smallest absolute Gasteiger partial charge is 0.413 e. The van der Waals surface area contributed by atoms with Crippen molar-refractivity contribution in [2.24, 2.45) is 0 Å². The summed E-state index contributed by atoms with van der Waals surface area (Å²) in [5.41, 5.74) is 0.621. The van der Waals surface area contributed by atoms with E-state index in [1.54, 1.807) is 6.92 Å². The van der Waals surface area contributed by atoms with Crippen molar-refractivity contribution < 1.29 is 19.4 Å². The first kappa shape index (κ1) is 11.9. The highest BCUT2D eigenvalue weighted by atomic mass is 16.6. The summed E-state index contributed by atoms with van der Waals surface area (Å²) in [6.45, 7) is 1.71. The molecule has 16 heavy (non-hydrogen) atoms. The predicted octanol–water partition coefficient (Wildman–Crippen LogP) is 0.348. The van der Waals surface area contributed by atoms with E-state index < -0.39 is 12.1 Å². The van der Waals surface area contributed by atoms with Crippen molar-refractivity contribution in [2.75, 3.05) is 6.54 Å². The van der Waals surface area contributed by atoms with Gasteiger partial charge in [-0.05, 0) is 6.92 Å². The van der Waals surface area contributed by atoms with Gasteiger partial charge in [0.15, 0.2) is 0 Å². The zero-order valence-electron chi connectivity index (χ0n) is 8.64.